The summed E-state index contributed by atoms with van der Waals surface area (Å²) in [6, 6.07) is 10.6. The summed E-state index contributed by atoms with van der Waals surface area (Å²) in [4.78, 5) is 2.49. The van der Waals surface area contributed by atoms with Gasteiger partial charge in [-0.3, -0.25) is 0 Å². The van der Waals surface area contributed by atoms with Crippen molar-refractivity contribution < 1.29 is 0 Å². The summed E-state index contributed by atoms with van der Waals surface area (Å²) >= 11 is 8.85. The highest BCUT2D eigenvalue weighted by atomic mass is 79.9. The van der Waals surface area contributed by atoms with E-state index in [-0.39, 0.29) is 6.04 Å². The molecule has 0 saturated heterocycles. The molecule has 1 aromatic carbocycles. The molecule has 0 bridgehead atoms. The molecular weight excluding hydrogens is 362 g/mol. The second-order valence-corrected chi connectivity index (χ2v) is 6.73. The highest BCUT2D eigenvalue weighted by Gasteiger charge is 2.10. The van der Waals surface area contributed by atoms with Crippen LogP contribution in [0, 0.1) is 0 Å². The van der Waals surface area contributed by atoms with Crippen LogP contribution in [-0.2, 0) is 0 Å². The monoisotopic (exact) mass is 373 g/mol. The Morgan fingerprint density at radius 3 is 2.71 bits per heavy atom. The lowest BCUT2D eigenvalue weighted by Crippen LogP contribution is -2.05. The molecule has 17 heavy (non-hydrogen) atoms. The molecule has 1 unspecified atom stereocenters. The molecule has 90 valence electrons. The van der Waals surface area contributed by atoms with E-state index >= 15 is 0 Å². The summed E-state index contributed by atoms with van der Waals surface area (Å²) in [6.45, 7) is 2.11. The maximum Gasteiger partial charge on any atom is 0.0387 e. The van der Waals surface area contributed by atoms with Gasteiger partial charge in [0.25, 0.3) is 0 Å². The molecule has 0 amide bonds. The quantitative estimate of drug-likeness (QED) is 0.769. The Labute approximate surface area is 122 Å². The minimum absolute atomic E-state index is 0.152. The summed E-state index contributed by atoms with van der Waals surface area (Å²) in [5.74, 6) is 0. The van der Waals surface area contributed by atoms with Gasteiger partial charge in [0.2, 0.25) is 0 Å². The van der Waals surface area contributed by atoms with Gasteiger partial charge < -0.3 is 5.73 Å². The molecule has 0 radical (unpaired) electrons. The van der Waals surface area contributed by atoms with Crippen LogP contribution < -0.4 is 5.73 Å². The molecule has 1 aromatic heterocycles. The Balaban J connectivity index is 2.40. The third kappa shape index (κ3) is 2.99. The van der Waals surface area contributed by atoms with E-state index in [0.717, 1.165) is 15.4 Å². The highest BCUT2D eigenvalue weighted by molar-refractivity contribution is 9.11. The van der Waals surface area contributed by atoms with Crippen LogP contribution in [-0.4, -0.2) is 0 Å². The zero-order chi connectivity index (χ0) is 12.4. The molecule has 2 rings (SSSR count). The molecule has 0 aliphatic carbocycles. The van der Waals surface area contributed by atoms with Gasteiger partial charge >= 0.3 is 0 Å². The zero-order valence-electron chi connectivity index (χ0n) is 9.41. The van der Waals surface area contributed by atoms with Crippen molar-refractivity contribution in [3.8, 4) is 10.4 Å². The van der Waals surface area contributed by atoms with Crippen molar-refractivity contribution in [3.63, 3.8) is 0 Å². The summed E-state index contributed by atoms with van der Waals surface area (Å²) in [5.41, 5.74) is 7.25. The fourth-order valence-corrected chi connectivity index (χ4v) is 3.66. The molecule has 0 aliphatic rings. The molecule has 0 saturated carbocycles. The standard InChI is InChI=1S/C13H13Br2NS/c1-2-11(16)13-6-5-12(17-13)9-7-8(14)3-4-10(9)15/h3-7,11H,2,16H2,1H3. The first kappa shape index (κ1) is 13.3. The maximum absolute atomic E-state index is 6.04. The van der Waals surface area contributed by atoms with Crippen molar-refractivity contribution in [1.29, 1.82) is 0 Å². The molecule has 0 fully saturated rings. The summed E-state index contributed by atoms with van der Waals surface area (Å²) < 4.78 is 2.20. The third-order valence-electron chi connectivity index (χ3n) is 2.63. The van der Waals surface area contributed by atoms with Crippen LogP contribution in [0.2, 0.25) is 0 Å². The van der Waals surface area contributed by atoms with Crippen molar-refractivity contribution in [3.05, 3.63) is 44.2 Å². The topological polar surface area (TPSA) is 26.0 Å². The first-order valence-corrected chi connectivity index (χ1v) is 7.82. The Hall–Kier alpha value is -0.160. The fourth-order valence-electron chi connectivity index (χ4n) is 1.58. The fraction of sp³-hybridized carbons (Fsp3) is 0.231. The van der Waals surface area contributed by atoms with Gasteiger partial charge in [-0.15, -0.1) is 11.3 Å². The normalized spacial score (nSPS) is 12.7. The van der Waals surface area contributed by atoms with Crippen LogP contribution in [0.3, 0.4) is 0 Å². The maximum atomic E-state index is 6.04. The van der Waals surface area contributed by atoms with Crippen molar-refractivity contribution >= 4 is 43.2 Å². The van der Waals surface area contributed by atoms with E-state index in [1.54, 1.807) is 11.3 Å². The number of nitrogens with two attached hydrogens (primary N) is 1. The summed E-state index contributed by atoms with van der Waals surface area (Å²) in [6.07, 6.45) is 0.972. The first-order valence-electron chi connectivity index (χ1n) is 5.42. The van der Waals surface area contributed by atoms with E-state index in [2.05, 4.69) is 63.0 Å². The van der Waals surface area contributed by atoms with Crippen LogP contribution in [0.25, 0.3) is 10.4 Å². The van der Waals surface area contributed by atoms with E-state index in [1.165, 1.54) is 15.3 Å². The lowest BCUT2D eigenvalue weighted by molar-refractivity contribution is 0.712. The Kier molecular flexibility index (Phi) is 4.42. The van der Waals surface area contributed by atoms with Crippen LogP contribution in [0.4, 0.5) is 0 Å². The van der Waals surface area contributed by atoms with E-state index in [0.29, 0.717) is 0 Å². The number of rotatable bonds is 3. The van der Waals surface area contributed by atoms with Crippen molar-refractivity contribution in [2.45, 2.75) is 19.4 Å². The van der Waals surface area contributed by atoms with Gasteiger partial charge in [-0.25, -0.2) is 0 Å². The van der Waals surface area contributed by atoms with Crippen molar-refractivity contribution in [2.24, 2.45) is 5.73 Å². The highest BCUT2D eigenvalue weighted by Crippen LogP contribution is 2.37. The van der Waals surface area contributed by atoms with Gasteiger partial charge in [0.15, 0.2) is 0 Å². The number of thiophene rings is 1. The van der Waals surface area contributed by atoms with E-state index < -0.39 is 0 Å². The summed E-state index contributed by atoms with van der Waals surface area (Å²) in [5, 5.41) is 0. The molecule has 1 atom stereocenters. The van der Waals surface area contributed by atoms with E-state index in [1.807, 2.05) is 6.07 Å². The number of halogens is 2. The smallest absolute Gasteiger partial charge is 0.0387 e. The van der Waals surface area contributed by atoms with Gasteiger partial charge in [-0.05, 0) is 36.8 Å². The lowest BCUT2D eigenvalue weighted by Gasteiger charge is -2.05. The summed E-state index contributed by atoms with van der Waals surface area (Å²) in [7, 11) is 0. The molecule has 2 N–H and O–H groups in total. The van der Waals surface area contributed by atoms with Gasteiger partial charge in [-0.2, -0.15) is 0 Å². The van der Waals surface area contributed by atoms with E-state index in [9.17, 15) is 0 Å². The number of hydrogen-bond donors (Lipinski definition) is 1. The molecule has 0 spiro atoms. The molecule has 0 aliphatic heterocycles. The second-order valence-electron chi connectivity index (χ2n) is 3.84. The van der Waals surface area contributed by atoms with Crippen LogP contribution in [0.1, 0.15) is 24.3 Å². The average molecular weight is 375 g/mol. The minimum atomic E-state index is 0.152. The lowest BCUT2D eigenvalue weighted by atomic mass is 10.2. The van der Waals surface area contributed by atoms with Crippen LogP contribution in [0.5, 0.6) is 0 Å². The predicted molar refractivity (Wildman–Crippen MR) is 82.4 cm³/mol. The number of hydrogen-bond acceptors (Lipinski definition) is 2. The van der Waals surface area contributed by atoms with Crippen molar-refractivity contribution in [2.75, 3.05) is 0 Å². The van der Waals surface area contributed by atoms with Crippen LogP contribution in [0.15, 0.2) is 39.3 Å². The molecule has 1 heterocycles. The minimum Gasteiger partial charge on any atom is -0.323 e. The number of benzene rings is 1. The van der Waals surface area contributed by atoms with E-state index in [4.69, 9.17) is 5.73 Å². The average Bonchev–Trinajstić information content (AvgIpc) is 2.80. The van der Waals surface area contributed by atoms with Crippen molar-refractivity contribution in [1.82, 2.24) is 0 Å². The van der Waals surface area contributed by atoms with Gasteiger partial charge in [0, 0.05) is 30.3 Å². The molecular formula is C13H13Br2NS. The Morgan fingerprint density at radius 2 is 2.00 bits per heavy atom. The first-order chi connectivity index (χ1) is 8.11. The molecule has 4 heteroatoms. The van der Waals surface area contributed by atoms with Gasteiger partial charge in [-0.1, -0.05) is 38.8 Å². The Morgan fingerprint density at radius 1 is 1.24 bits per heavy atom. The SMILES string of the molecule is CCC(N)c1ccc(-c2cc(Br)ccc2Br)s1. The third-order valence-corrected chi connectivity index (χ3v) is 5.06. The largest absolute Gasteiger partial charge is 0.323 e. The molecule has 2 aromatic rings. The van der Waals surface area contributed by atoms with Gasteiger partial charge in [0.1, 0.15) is 0 Å². The van der Waals surface area contributed by atoms with Crippen LogP contribution >= 0.6 is 43.2 Å². The Bertz CT molecular complexity index is 522. The molecule has 1 nitrogen and oxygen atoms in total. The second kappa shape index (κ2) is 5.65. The predicted octanol–water partition coefficient (Wildman–Crippen LogP) is 5.35. The van der Waals surface area contributed by atoms with Gasteiger partial charge in [0.05, 0.1) is 0 Å². The zero-order valence-corrected chi connectivity index (χ0v) is 13.4.